The highest BCUT2D eigenvalue weighted by Crippen LogP contribution is 2.27. The van der Waals surface area contributed by atoms with Crippen LogP contribution in [-0.2, 0) is 4.74 Å². The van der Waals surface area contributed by atoms with Crippen LogP contribution in [-0.4, -0.2) is 25.7 Å². The molecular formula is C16H24N2O2. The van der Waals surface area contributed by atoms with E-state index < -0.39 is 0 Å². The summed E-state index contributed by atoms with van der Waals surface area (Å²) >= 11 is 0. The lowest BCUT2D eigenvalue weighted by atomic mass is 10.1. The lowest BCUT2D eigenvalue weighted by Crippen LogP contribution is -2.25. The normalized spacial score (nSPS) is 15.8. The van der Waals surface area contributed by atoms with Gasteiger partial charge in [-0.3, -0.25) is 0 Å². The highest BCUT2D eigenvalue weighted by atomic mass is 16.5. The minimum atomic E-state index is -0.291. The van der Waals surface area contributed by atoms with Gasteiger partial charge in [-0.1, -0.05) is 19.8 Å². The van der Waals surface area contributed by atoms with E-state index in [9.17, 15) is 4.79 Å². The molecule has 1 fully saturated rings. The number of ether oxygens (including phenoxy) is 1. The van der Waals surface area contributed by atoms with Gasteiger partial charge in [0.05, 0.1) is 23.5 Å². The van der Waals surface area contributed by atoms with Crippen molar-refractivity contribution in [2.45, 2.75) is 39.0 Å². The number of nitrogens with zero attached hydrogens (tertiary/aromatic N) is 1. The molecule has 0 spiro atoms. The summed E-state index contributed by atoms with van der Waals surface area (Å²) in [5, 5.41) is 0. The van der Waals surface area contributed by atoms with Gasteiger partial charge >= 0.3 is 5.97 Å². The Balaban J connectivity index is 2.10. The summed E-state index contributed by atoms with van der Waals surface area (Å²) in [5.74, 6) is -0.291. The van der Waals surface area contributed by atoms with Crippen molar-refractivity contribution in [2.75, 3.05) is 30.3 Å². The molecule has 0 aliphatic carbocycles. The van der Waals surface area contributed by atoms with Gasteiger partial charge in [0.2, 0.25) is 0 Å². The largest absolute Gasteiger partial charge is 0.462 e. The van der Waals surface area contributed by atoms with Gasteiger partial charge in [-0.25, -0.2) is 4.79 Å². The van der Waals surface area contributed by atoms with Crippen LogP contribution in [0.3, 0.4) is 0 Å². The topological polar surface area (TPSA) is 55.6 Å². The molecule has 0 radical (unpaired) electrons. The fraction of sp³-hybridized carbons (Fsp3) is 0.562. The van der Waals surface area contributed by atoms with E-state index in [1.54, 1.807) is 6.07 Å². The molecule has 1 heterocycles. The number of nitrogen functional groups attached to an aromatic ring is 1. The van der Waals surface area contributed by atoms with Gasteiger partial charge < -0.3 is 15.4 Å². The summed E-state index contributed by atoms with van der Waals surface area (Å²) in [6, 6.07) is 5.50. The molecule has 0 atom stereocenters. The van der Waals surface area contributed by atoms with Gasteiger partial charge in [0.15, 0.2) is 0 Å². The average molecular weight is 276 g/mol. The third kappa shape index (κ3) is 3.65. The Morgan fingerprint density at radius 3 is 2.55 bits per heavy atom. The van der Waals surface area contributed by atoms with Crippen LogP contribution in [0.5, 0.6) is 0 Å². The van der Waals surface area contributed by atoms with Crippen molar-refractivity contribution >= 4 is 17.3 Å². The average Bonchev–Trinajstić information content (AvgIpc) is 2.73. The summed E-state index contributed by atoms with van der Waals surface area (Å²) in [5.41, 5.74) is 8.36. The highest BCUT2D eigenvalue weighted by Gasteiger charge is 2.15. The van der Waals surface area contributed by atoms with Crippen LogP contribution in [0.25, 0.3) is 0 Å². The second kappa shape index (κ2) is 7.17. The zero-order chi connectivity index (χ0) is 14.4. The standard InChI is InChI=1S/C16H24N2O2/c1-2-11-20-16(19)13-7-8-15(14(17)12-13)18-9-5-3-4-6-10-18/h7-8,12H,2-6,9-11,17H2,1H3. The predicted octanol–water partition coefficient (Wildman–Crippen LogP) is 3.22. The summed E-state index contributed by atoms with van der Waals surface area (Å²) < 4.78 is 5.13. The Kier molecular flexibility index (Phi) is 5.27. The van der Waals surface area contributed by atoms with Crippen molar-refractivity contribution < 1.29 is 9.53 Å². The Morgan fingerprint density at radius 1 is 1.25 bits per heavy atom. The van der Waals surface area contributed by atoms with Gasteiger partial charge in [-0.15, -0.1) is 0 Å². The maximum absolute atomic E-state index is 11.8. The molecule has 110 valence electrons. The number of anilines is 2. The summed E-state index contributed by atoms with van der Waals surface area (Å²) in [6.45, 7) is 4.52. The Morgan fingerprint density at radius 2 is 1.95 bits per heavy atom. The first kappa shape index (κ1) is 14.7. The summed E-state index contributed by atoms with van der Waals surface area (Å²) in [7, 11) is 0. The van der Waals surface area contributed by atoms with Crippen LogP contribution >= 0.6 is 0 Å². The van der Waals surface area contributed by atoms with E-state index in [4.69, 9.17) is 10.5 Å². The maximum atomic E-state index is 11.8. The van der Waals surface area contributed by atoms with Crippen molar-refractivity contribution in [1.82, 2.24) is 0 Å². The van der Waals surface area contributed by atoms with Crippen LogP contribution in [0.4, 0.5) is 11.4 Å². The number of benzene rings is 1. The van der Waals surface area contributed by atoms with Gasteiger partial charge in [0.25, 0.3) is 0 Å². The van der Waals surface area contributed by atoms with Gasteiger partial charge in [0, 0.05) is 13.1 Å². The van der Waals surface area contributed by atoms with Crippen LogP contribution in [0.2, 0.25) is 0 Å². The Labute approximate surface area is 120 Å². The molecule has 2 rings (SSSR count). The lowest BCUT2D eigenvalue weighted by molar-refractivity contribution is 0.0505. The van der Waals surface area contributed by atoms with E-state index in [2.05, 4.69) is 4.90 Å². The molecule has 0 amide bonds. The number of rotatable bonds is 4. The van der Waals surface area contributed by atoms with E-state index in [1.165, 1.54) is 25.7 Å². The maximum Gasteiger partial charge on any atom is 0.338 e. The second-order valence-electron chi connectivity index (χ2n) is 5.31. The van der Waals surface area contributed by atoms with Crippen molar-refractivity contribution in [3.05, 3.63) is 23.8 Å². The summed E-state index contributed by atoms with van der Waals surface area (Å²) in [6.07, 6.45) is 5.82. The first-order valence-corrected chi connectivity index (χ1v) is 7.54. The van der Waals surface area contributed by atoms with E-state index in [-0.39, 0.29) is 5.97 Å². The molecule has 4 nitrogen and oxygen atoms in total. The van der Waals surface area contributed by atoms with E-state index >= 15 is 0 Å². The van der Waals surface area contributed by atoms with Crippen molar-refractivity contribution in [2.24, 2.45) is 0 Å². The summed E-state index contributed by atoms with van der Waals surface area (Å²) in [4.78, 5) is 14.1. The van der Waals surface area contributed by atoms with Crippen LogP contribution in [0.15, 0.2) is 18.2 Å². The van der Waals surface area contributed by atoms with Gasteiger partial charge in [-0.05, 0) is 37.5 Å². The molecule has 0 unspecified atom stereocenters. The molecule has 1 saturated heterocycles. The quantitative estimate of drug-likeness (QED) is 0.677. The molecule has 1 aliphatic rings. The van der Waals surface area contributed by atoms with Gasteiger partial charge in [0.1, 0.15) is 0 Å². The number of hydrogen-bond donors (Lipinski definition) is 1. The minimum absolute atomic E-state index is 0.291. The zero-order valence-corrected chi connectivity index (χ0v) is 12.2. The second-order valence-corrected chi connectivity index (χ2v) is 5.31. The van der Waals surface area contributed by atoms with Crippen LogP contribution < -0.4 is 10.6 Å². The smallest absolute Gasteiger partial charge is 0.338 e. The molecule has 2 N–H and O–H groups in total. The highest BCUT2D eigenvalue weighted by molar-refractivity contribution is 5.92. The molecule has 0 bridgehead atoms. The molecule has 1 aromatic rings. The Bertz CT molecular complexity index is 452. The van der Waals surface area contributed by atoms with E-state index in [0.717, 1.165) is 25.2 Å². The molecule has 4 heteroatoms. The molecule has 1 aliphatic heterocycles. The van der Waals surface area contributed by atoms with E-state index in [1.807, 2.05) is 19.1 Å². The number of esters is 1. The number of carbonyl (C=O) groups is 1. The molecular weight excluding hydrogens is 252 g/mol. The SMILES string of the molecule is CCCOC(=O)c1ccc(N2CCCCCC2)c(N)c1. The minimum Gasteiger partial charge on any atom is -0.462 e. The van der Waals surface area contributed by atoms with Crippen molar-refractivity contribution in [3.63, 3.8) is 0 Å². The Hall–Kier alpha value is -1.71. The lowest BCUT2D eigenvalue weighted by Gasteiger charge is -2.24. The fourth-order valence-corrected chi connectivity index (χ4v) is 2.56. The van der Waals surface area contributed by atoms with Crippen LogP contribution in [0, 0.1) is 0 Å². The molecule has 20 heavy (non-hydrogen) atoms. The van der Waals surface area contributed by atoms with Crippen LogP contribution in [0.1, 0.15) is 49.4 Å². The molecule has 1 aromatic carbocycles. The molecule has 0 aromatic heterocycles. The number of carbonyl (C=O) groups excluding carboxylic acids is 1. The number of nitrogens with two attached hydrogens (primary N) is 1. The first-order chi connectivity index (χ1) is 9.72. The van der Waals surface area contributed by atoms with Crippen molar-refractivity contribution in [3.8, 4) is 0 Å². The first-order valence-electron chi connectivity index (χ1n) is 7.54. The van der Waals surface area contributed by atoms with Gasteiger partial charge in [-0.2, -0.15) is 0 Å². The fourth-order valence-electron chi connectivity index (χ4n) is 2.56. The third-order valence-electron chi connectivity index (χ3n) is 3.65. The third-order valence-corrected chi connectivity index (χ3v) is 3.65. The number of hydrogen-bond acceptors (Lipinski definition) is 4. The monoisotopic (exact) mass is 276 g/mol. The molecule has 0 saturated carbocycles. The zero-order valence-electron chi connectivity index (χ0n) is 12.2. The van der Waals surface area contributed by atoms with E-state index in [0.29, 0.717) is 17.9 Å². The van der Waals surface area contributed by atoms with Crippen molar-refractivity contribution in [1.29, 1.82) is 0 Å². The predicted molar refractivity (Wildman–Crippen MR) is 82.1 cm³/mol.